The quantitative estimate of drug-likeness (QED) is 0.729. The average molecular weight is 387 g/mol. The Morgan fingerprint density at radius 1 is 0.931 bits per heavy atom. The number of amides is 1. The minimum absolute atomic E-state index is 0.155. The summed E-state index contributed by atoms with van der Waals surface area (Å²) in [4.78, 5) is 25.8. The van der Waals surface area contributed by atoms with Crippen molar-refractivity contribution in [3.05, 3.63) is 83.8 Å². The second-order valence-electron chi connectivity index (χ2n) is 7.23. The Labute approximate surface area is 171 Å². The van der Waals surface area contributed by atoms with Crippen LogP contribution in [-0.2, 0) is 6.54 Å². The lowest BCUT2D eigenvalue weighted by atomic mass is 10.1. The van der Waals surface area contributed by atoms with Gasteiger partial charge in [0, 0.05) is 38.9 Å². The van der Waals surface area contributed by atoms with Gasteiger partial charge in [-0.05, 0) is 36.8 Å². The van der Waals surface area contributed by atoms with Crippen LogP contribution in [0.4, 0.5) is 11.5 Å². The van der Waals surface area contributed by atoms with Crippen LogP contribution in [0.2, 0.25) is 0 Å². The van der Waals surface area contributed by atoms with Gasteiger partial charge in [-0.25, -0.2) is 9.97 Å². The van der Waals surface area contributed by atoms with Gasteiger partial charge in [-0.15, -0.1) is 0 Å². The Morgan fingerprint density at radius 2 is 1.69 bits per heavy atom. The maximum atomic E-state index is 12.4. The molecular weight excluding hydrogens is 362 g/mol. The summed E-state index contributed by atoms with van der Waals surface area (Å²) in [5.74, 6) is 0.864. The number of pyridine rings is 2. The third kappa shape index (κ3) is 4.71. The molecule has 2 aromatic heterocycles. The second-order valence-corrected chi connectivity index (χ2v) is 7.23. The molecule has 0 spiro atoms. The van der Waals surface area contributed by atoms with Crippen LogP contribution in [0.15, 0.2) is 67.0 Å². The van der Waals surface area contributed by atoms with Crippen molar-refractivity contribution in [1.29, 1.82) is 0 Å². The smallest absolute Gasteiger partial charge is 0.270 e. The van der Waals surface area contributed by atoms with Gasteiger partial charge in [0.25, 0.3) is 5.91 Å². The van der Waals surface area contributed by atoms with E-state index in [0.29, 0.717) is 12.2 Å². The van der Waals surface area contributed by atoms with Crippen LogP contribution < -0.4 is 15.1 Å². The number of nitrogens with one attached hydrogen (secondary N) is 1. The van der Waals surface area contributed by atoms with Crippen molar-refractivity contribution >= 4 is 17.4 Å². The topological polar surface area (TPSA) is 61.4 Å². The largest absolute Gasteiger partial charge is 0.367 e. The Morgan fingerprint density at radius 3 is 2.34 bits per heavy atom. The summed E-state index contributed by atoms with van der Waals surface area (Å²) < 4.78 is 0. The van der Waals surface area contributed by atoms with E-state index in [1.54, 1.807) is 12.3 Å². The van der Waals surface area contributed by atoms with E-state index in [1.807, 2.05) is 61.7 Å². The van der Waals surface area contributed by atoms with Crippen LogP contribution in [0.25, 0.3) is 0 Å². The van der Waals surface area contributed by atoms with Crippen LogP contribution in [0.5, 0.6) is 0 Å². The number of carbonyl (C=O) groups is 1. The number of hydrogen-bond donors (Lipinski definition) is 1. The first kappa shape index (κ1) is 18.9. The lowest BCUT2D eigenvalue weighted by molar-refractivity contribution is 0.0946. The van der Waals surface area contributed by atoms with E-state index in [1.165, 1.54) is 5.56 Å². The molecule has 0 saturated carbocycles. The lowest BCUT2D eigenvalue weighted by Crippen LogP contribution is -2.46. The molecule has 0 radical (unpaired) electrons. The van der Waals surface area contributed by atoms with Gasteiger partial charge in [0.15, 0.2) is 0 Å². The maximum Gasteiger partial charge on any atom is 0.270 e. The van der Waals surface area contributed by atoms with Gasteiger partial charge in [0.05, 0.1) is 11.9 Å². The fourth-order valence-electron chi connectivity index (χ4n) is 3.42. The molecule has 3 heterocycles. The van der Waals surface area contributed by atoms with Crippen molar-refractivity contribution < 1.29 is 4.79 Å². The Balaban J connectivity index is 1.31. The van der Waals surface area contributed by atoms with Crippen LogP contribution in [0, 0.1) is 6.92 Å². The summed E-state index contributed by atoms with van der Waals surface area (Å²) >= 11 is 0. The summed E-state index contributed by atoms with van der Waals surface area (Å²) in [6.45, 7) is 6.17. The molecule has 6 heteroatoms. The normalized spacial score (nSPS) is 14.0. The van der Waals surface area contributed by atoms with Gasteiger partial charge in [-0.1, -0.05) is 35.9 Å². The van der Waals surface area contributed by atoms with Crippen molar-refractivity contribution in [2.45, 2.75) is 13.5 Å². The molecule has 0 aliphatic carbocycles. The number of carbonyl (C=O) groups excluding carboxylic acids is 1. The number of anilines is 2. The van der Waals surface area contributed by atoms with Gasteiger partial charge >= 0.3 is 0 Å². The first-order valence-electron chi connectivity index (χ1n) is 9.90. The monoisotopic (exact) mass is 387 g/mol. The highest BCUT2D eigenvalue weighted by Crippen LogP contribution is 2.18. The Hall–Kier alpha value is -3.41. The van der Waals surface area contributed by atoms with E-state index in [-0.39, 0.29) is 5.91 Å². The molecule has 148 valence electrons. The summed E-state index contributed by atoms with van der Waals surface area (Å²) in [6.07, 6.45) is 3.62. The molecule has 1 fully saturated rings. The van der Waals surface area contributed by atoms with E-state index in [9.17, 15) is 4.79 Å². The van der Waals surface area contributed by atoms with Crippen molar-refractivity contribution in [3.8, 4) is 0 Å². The molecule has 3 aromatic rings. The molecule has 4 rings (SSSR count). The zero-order valence-electron chi connectivity index (χ0n) is 16.6. The average Bonchev–Trinajstić information content (AvgIpc) is 2.79. The molecule has 1 aromatic carbocycles. The van der Waals surface area contributed by atoms with Crippen molar-refractivity contribution in [2.24, 2.45) is 0 Å². The molecule has 6 nitrogen and oxygen atoms in total. The first-order chi connectivity index (χ1) is 14.2. The van der Waals surface area contributed by atoms with Gasteiger partial charge in [0.2, 0.25) is 0 Å². The molecule has 1 amide bonds. The third-order valence-corrected chi connectivity index (χ3v) is 5.17. The SMILES string of the molecule is Cc1ccc(CNC(=O)c2ccc(N3CCN(c4ccccn4)CC3)cn2)cc1. The summed E-state index contributed by atoms with van der Waals surface area (Å²) in [5, 5.41) is 2.93. The molecule has 0 unspecified atom stereocenters. The number of benzene rings is 1. The van der Waals surface area contributed by atoms with Gasteiger partial charge < -0.3 is 15.1 Å². The number of rotatable bonds is 5. The van der Waals surface area contributed by atoms with Crippen molar-refractivity contribution in [3.63, 3.8) is 0 Å². The minimum atomic E-state index is -0.155. The van der Waals surface area contributed by atoms with Crippen LogP contribution in [-0.4, -0.2) is 42.1 Å². The lowest BCUT2D eigenvalue weighted by Gasteiger charge is -2.36. The fraction of sp³-hybridized carbons (Fsp3) is 0.261. The molecule has 0 bridgehead atoms. The molecule has 1 aliphatic rings. The maximum absolute atomic E-state index is 12.4. The zero-order valence-corrected chi connectivity index (χ0v) is 16.6. The summed E-state index contributed by atoms with van der Waals surface area (Å²) in [5.41, 5.74) is 3.76. The molecular formula is C23H25N5O. The van der Waals surface area contributed by atoms with E-state index < -0.39 is 0 Å². The number of nitrogens with zero attached hydrogens (tertiary/aromatic N) is 4. The van der Waals surface area contributed by atoms with E-state index >= 15 is 0 Å². The fourth-order valence-corrected chi connectivity index (χ4v) is 3.42. The van der Waals surface area contributed by atoms with Gasteiger partial charge in [0.1, 0.15) is 11.5 Å². The Bertz CT molecular complexity index is 933. The van der Waals surface area contributed by atoms with Crippen LogP contribution in [0.3, 0.4) is 0 Å². The molecule has 29 heavy (non-hydrogen) atoms. The van der Waals surface area contributed by atoms with Gasteiger partial charge in [-0.3, -0.25) is 4.79 Å². The van der Waals surface area contributed by atoms with E-state index in [0.717, 1.165) is 43.2 Å². The minimum Gasteiger partial charge on any atom is -0.367 e. The van der Waals surface area contributed by atoms with Crippen LogP contribution >= 0.6 is 0 Å². The van der Waals surface area contributed by atoms with Crippen molar-refractivity contribution in [1.82, 2.24) is 15.3 Å². The highest BCUT2D eigenvalue weighted by atomic mass is 16.1. The Kier molecular flexibility index (Phi) is 5.70. The molecule has 1 saturated heterocycles. The molecule has 0 atom stereocenters. The van der Waals surface area contributed by atoms with E-state index in [4.69, 9.17) is 0 Å². The summed E-state index contributed by atoms with van der Waals surface area (Å²) in [6, 6.07) is 17.9. The first-order valence-corrected chi connectivity index (χ1v) is 9.90. The third-order valence-electron chi connectivity index (χ3n) is 5.17. The van der Waals surface area contributed by atoms with E-state index in [2.05, 4.69) is 25.1 Å². The predicted octanol–water partition coefficient (Wildman–Crippen LogP) is 3.04. The molecule has 1 aliphatic heterocycles. The molecule has 1 N–H and O–H groups in total. The number of piperazine rings is 1. The number of aromatic nitrogens is 2. The van der Waals surface area contributed by atoms with Gasteiger partial charge in [-0.2, -0.15) is 0 Å². The highest BCUT2D eigenvalue weighted by Gasteiger charge is 2.18. The number of aryl methyl sites for hydroxylation is 1. The zero-order chi connectivity index (χ0) is 20.1. The second kappa shape index (κ2) is 8.73. The van der Waals surface area contributed by atoms with Crippen molar-refractivity contribution in [2.75, 3.05) is 36.0 Å². The summed E-state index contributed by atoms with van der Waals surface area (Å²) in [7, 11) is 0. The number of hydrogen-bond acceptors (Lipinski definition) is 5. The highest BCUT2D eigenvalue weighted by molar-refractivity contribution is 5.92. The predicted molar refractivity (Wildman–Crippen MR) is 115 cm³/mol. The van der Waals surface area contributed by atoms with Crippen LogP contribution in [0.1, 0.15) is 21.6 Å². The standard InChI is InChI=1S/C23H25N5O/c1-18-5-7-19(8-6-18)16-26-23(29)21-10-9-20(17-25-21)27-12-14-28(15-13-27)22-4-2-3-11-24-22/h2-11,17H,12-16H2,1H3,(H,26,29).